The lowest BCUT2D eigenvalue weighted by atomic mass is 9.98. The zero-order chi connectivity index (χ0) is 55.5. The smallest absolute Gasteiger partial charge is 0.328 e. The Morgan fingerprint density at radius 2 is 1.12 bits per heavy atom. The number of fused-ring (bicyclic) bond motifs is 2. The molecule has 0 aliphatic carbocycles. The molecule has 27 heteroatoms. The number of sulfonamides is 2. The Morgan fingerprint density at radius 1 is 0.636 bits per heavy atom. The van der Waals surface area contributed by atoms with Crippen molar-refractivity contribution in [1.29, 1.82) is 0 Å². The number of amides is 2. The molecular formula is C50H59Cl3N12O10S2. The summed E-state index contributed by atoms with van der Waals surface area (Å²) in [5, 5.41) is 13.4. The number of hydrogen-bond acceptors (Lipinski definition) is 16. The molecule has 0 bridgehead atoms. The lowest BCUT2D eigenvalue weighted by molar-refractivity contribution is -0.145. The van der Waals surface area contributed by atoms with Gasteiger partial charge in [-0.15, -0.1) is 0 Å². The highest BCUT2D eigenvalue weighted by Crippen LogP contribution is 2.37. The Labute approximate surface area is 460 Å². The fourth-order valence-electron chi connectivity index (χ4n) is 9.53. The number of benzene rings is 2. The molecule has 10 rings (SSSR count). The summed E-state index contributed by atoms with van der Waals surface area (Å²) in [6, 6.07) is 11.8. The molecule has 4 fully saturated rings. The second kappa shape index (κ2) is 23.7. The average molecular weight is 1160 g/mol. The molecule has 4 aliphatic heterocycles. The van der Waals surface area contributed by atoms with Crippen molar-refractivity contribution in [3.8, 4) is 0 Å². The van der Waals surface area contributed by atoms with Gasteiger partial charge in [-0.25, -0.2) is 40.6 Å². The molecule has 4 atom stereocenters. The lowest BCUT2D eigenvalue weighted by Crippen LogP contribution is -2.53. The van der Waals surface area contributed by atoms with E-state index in [0.29, 0.717) is 76.2 Å². The lowest BCUT2D eigenvalue weighted by Gasteiger charge is -2.40. The van der Waals surface area contributed by atoms with Crippen molar-refractivity contribution in [2.24, 2.45) is 0 Å². The monoisotopic (exact) mass is 1160 g/mol. The van der Waals surface area contributed by atoms with Crippen molar-refractivity contribution in [2.45, 2.75) is 89.4 Å². The SMILES string of the molecule is COC(=O)C1CCN1.COC(=O)C1CCN1c1nc2cc([C@@H]3CCCCN3C(=O)c3cc(Cl)ccc3NS(C)(=O)=O)nn2cc1C.Cc1cn2nc([C@@H]3CCCCN3C(=O)c3cc(Cl)ccc3NS(C)(=O)=O)cc2nc1Cl. The first-order valence-corrected chi connectivity index (χ1v) is 29.7. The third-order valence-electron chi connectivity index (χ3n) is 13.5. The zero-order valence-electron chi connectivity index (χ0n) is 43.1. The fourth-order valence-corrected chi connectivity index (χ4v) is 11.2. The van der Waals surface area contributed by atoms with E-state index in [1.54, 1.807) is 31.1 Å². The number of carbonyl (C=O) groups excluding carboxylic acids is 4. The van der Waals surface area contributed by atoms with E-state index in [2.05, 4.69) is 29.6 Å². The Hall–Kier alpha value is -6.31. The van der Waals surface area contributed by atoms with E-state index in [1.165, 1.54) is 44.6 Å². The van der Waals surface area contributed by atoms with Crippen LogP contribution in [0.1, 0.15) is 107 Å². The van der Waals surface area contributed by atoms with E-state index in [0.717, 1.165) is 68.7 Å². The number of piperidine rings is 2. The van der Waals surface area contributed by atoms with Crippen molar-refractivity contribution in [3.05, 3.63) is 110 Å². The number of ether oxygens (including phenoxy) is 2. The van der Waals surface area contributed by atoms with Crippen molar-refractivity contribution < 1.29 is 45.5 Å². The Bertz CT molecular complexity index is 3430. The molecule has 0 saturated carbocycles. The van der Waals surface area contributed by atoms with Crippen LogP contribution in [0, 0.1) is 13.8 Å². The van der Waals surface area contributed by atoms with Gasteiger partial charge in [0.2, 0.25) is 20.0 Å². The minimum absolute atomic E-state index is 0.0139. The summed E-state index contributed by atoms with van der Waals surface area (Å²) in [5.41, 5.74) is 5.03. The fraction of sp³-hybridized carbons (Fsp3) is 0.440. The highest BCUT2D eigenvalue weighted by atomic mass is 35.5. The van der Waals surface area contributed by atoms with Crippen LogP contribution in [0.2, 0.25) is 15.2 Å². The van der Waals surface area contributed by atoms with Crippen LogP contribution in [0.4, 0.5) is 17.2 Å². The molecule has 3 N–H and O–H groups in total. The number of anilines is 3. The number of aryl methyl sites for hydroxylation is 2. The Balaban J connectivity index is 0.000000180. The maximum absolute atomic E-state index is 13.8. The van der Waals surface area contributed by atoms with Crippen molar-refractivity contribution in [1.82, 2.24) is 44.3 Å². The largest absolute Gasteiger partial charge is 0.468 e. The second-order valence-electron chi connectivity index (χ2n) is 19.2. The molecule has 8 heterocycles. The Morgan fingerprint density at radius 3 is 1.53 bits per heavy atom. The summed E-state index contributed by atoms with van der Waals surface area (Å²) >= 11 is 18.4. The molecule has 2 unspecified atom stereocenters. The molecule has 6 aromatic rings. The summed E-state index contributed by atoms with van der Waals surface area (Å²) in [4.78, 5) is 64.4. The number of carbonyl (C=O) groups is 4. The van der Waals surface area contributed by atoms with Gasteiger partial charge < -0.3 is 29.5 Å². The third kappa shape index (κ3) is 13.3. The van der Waals surface area contributed by atoms with Crippen LogP contribution in [0.3, 0.4) is 0 Å². The average Bonchev–Trinajstić information content (AvgIpc) is 3.97. The van der Waals surface area contributed by atoms with E-state index < -0.39 is 20.0 Å². The second-order valence-corrected chi connectivity index (χ2v) is 23.9. The Kier molecular flexibility index (Phi) is 17.5. The molecule has 412 valence electrons. The van der Waals surface area contributed by atoms with Gasteiger partial charge in [0.15, 0.2) is 11.3 Å². The molecule has 4 saturated heterocycles. The first-order valence-electron chi connectivity index (χ1n) is 24.7. The van der Waals surface area contributed by atoms with E-state index in [1.807, 2.05) is 37.1 Å². The van der Waals surface area contributed by atoms with Gasteiger partial charge in [0.25, 0.3) is 11.8 Å². The van der Waals surface area contributed by atoms with Gasteiger partial charge in [0.05, 0.1) is 72.7 Å². The number of rotatable bonds is 11. The first kappa shape index (κ1) is 56.9. The summed E-state index contributed by atoms with van der Waals surface area (Å²) in [5.74, 6) is -0.355. The van der Waals surface area contributed by atoms with Crippen LogP contribution in [0.5, 0.6) is 0 Å². The molecule has 77 heavy (non-hydrogen) atoms. The summed E-state index contributed by atoms with van der Waals surface area (Å²) < 4.78 is 64.9. The molecule has 4 aliphatic rings. The van der Waals surface area contributed by atoms with Gasteiger partial charge in [-0.2, -0.15) is 10.2 Å². The van der Waals surface area contributed by atoms with E-state index in [4.69, 9.17) is 49.6 Å². The zero-order valence-corrected chi connectivity index (χ0v) is 47.0. The summed E-state index contributed by atoms with van der Waals surface area (Å²) in [7, 11) is -4.39. The predicted octanol–water partition coefficient (Wildman–Crippen LogP) is 6.79. The number of halogens is 3. The maximum Gasteiger partial charge on any atom is 0.328 e. The van der Waals surface area contributed by atoms with Gasteiger partial charge in [-0.3, -0.25) is 23.8 Å². The number of nitrogens with one attached hydrogen (secondary N) is 3. The van der Waals surface area contributed by atoms with E-state index in [9.17, 15) is 36.0 Å². The normalized spacial score (nSPS) is 19.4. The topological polar surface area (TPSA) is 261 Å². The molecule has 0 spiro atoms. The molecular weight excluding hydrogens is 1100 g/mol. The molecule has 2 amide bonds. The minimum Gasteiger partial charge on any atom is -0.468 e. The molecule has 2 aromatic carbocycles. The number of methoxy groups -OCH3 is 2. The maximum atomic E-state index is 13.8. The number of esters is 2. The van der Waals surface area contributed by atoms with Gasteiger partial charge in [0, 0.05) is 65.3 Å². The van der Waals surface area contributed by atoms with Gasteiger partial charge in [-0.05, 0) is 108 Å². The van der Waals surface area contributed by atoms with Crippen LogP contribution >= 0.6 is 34.8 Å². The number of nitrogens with zero attached hydrogens (tertiary/aromatic N) is 9. The van der Waals surface area contributed by atoms with Crippen LogP contribution in [0.15, 0.2) is 60.9 Å². The summed E-state index contributed by atoms with van der Waals surface area (Å²) in [6.07, 6.45) is 12.3. The predicted molar refractivity (Wildman–Crippen MR) is 292 cm³/mol. The quantitative estimate of drug-likeness (QED) is 0.0891. The first-order chi connectivity index (χ1) is 36.5. The third-order valence-corrected chi connectivity index (χ3v) is 15.5. The highest BCUT2D eigenvalue weighted by molar-refractivity contribution is 7.92. The van der Waals surface area contributed by atoms with E-state index in [-0.39, 0.29) is 70.4 Å². The number of hydrogen-bond donors (Lipinski definition) is 3. The molecule has 4 aromatic heterocycles. The van der Waals surface area contributed by atoms with Gasteiger partial charge in [0.1, 0.15) is 23.1 Å². The van der Waals surface area contributed by atoms with Crippen LogP contribution < -0.4 is 19.7 Å². The number of aromatic nitrogens is 6. The van der Waals surface area contributed by atoms with Crippen molar-refractivity contribution in [2.75, 3.05) is 67.3 Å². The summed E-state index contributed by atoms with van der Waals surface area (Å²) in [6.45, 7) is 6.44. The van der Waals surface area contributed by atoms with Crippen LogP contribution in [-0.4, -0.2) is 145 Å². The molecule has 0 radical (unpaired) electrons. The number of likely N-dealkylation sites (tertiary alicyclic amines) is 2. The minimum atomic E-state index is -3.60. The highest BCUT2D eigenvalue weighted by Gasteiger charge is 2.38. The van der Waals surface area contributed by atoms with Crippen molar-refractivity contribution in [3.63, 3.8) is 0 Å². The van der Waals surface area contributed by atoms with Crippen LogP contribution in [-0.2, 0) is 39.1 Å². The standard InChI is InChI=1S/C25H29ClN6O5S.C20H21Cl2N5O3S.C5H9NO2/c1-15-14-32-22(27-23(15)30-11-9-21(30)25(34)37-2)13-19(28-32)20-6-4-5-10-31(20)24(33)17-12-16(26)7-8-18(17)29-38(3,35)36;1-12-11-27-18(23-19(12)22)10-16(24-27)17-5-3-4-8-26(17)20(28)14-9-13(21)6-7-15(14)25-31(2,29)30;1-8-5(7)4-2-3-6-4/h7-8,12-14,20-21,29H,4-6,9-11H2,1-3H3;6-7,9-11,17,25H,3-5,8H2,1-2H3;4,6H,2-3H2,1H3/t20-,21?;17-;/m00./s1. The van der Waals surface area contributed by atoms with Crippen molar-refractivity contribution >= 4 is 107 Å². The molecule has 22 nitrogen and oxygen atoms in total. The van der Waals surface area contributed by atoms with Gasteiger partial charge in [-0.1, -0.05) is 34.8 Å². The van der Waals surface area contributed by atoms with E-state index >= 15 is 0 Å². The van der Waals surface area contributed by atoms with Crippen LogP contribution in [0.25, 0.3) is 11.3 Å². The van der Waals surface area contributed by atoms with Gasteiger partial charge >= 0.3 is 11.9 Å².